The molecule has 1 aromatic carbocycles. The highest BCUT2D eigenvalue weighted by molar-refractivity contribution is 5.40. The average Bonchev–Trinajstić information content (AvgIpc) is 2.75. The molecule has 1 unspecified atom stereocenters. The maximum atomic E-state index is 6.02. The lowest BCUT2D eigenvalue weighted by atomic mass is 10.1. The van der Waals surface area contributed by atoms with Gasteiger partial charge in [0.15, 0.2) is 0 Å². The van der Waals surface area contributed by atoms with Crippen LogP contribution >= 0.6 is 0 Å². The van der Waals surface area contributed by atoms with E-state index >= 15 is 0 Å². The van der Waals surface area contributed by atoms with Crippen molar-refractivity contribution >= 4 is 0 Å². The Hall–Kier alpha value is -1.28. The smallest absolute Gasteiger partial charge is 0.119 e. The minimum atomic E-state index is 0.230. The topological polar surface area (TPSA) is 35.2 Å². The number of benzene rings is 1. The molecule has 2 N–H and O–H groups in total. The van der Waals surface area contributed by atoms with Crippen LogP contribution in [0, 0.1) is 0 Å². The van der Waals surface area contributed by atoms with E-state index in [0.717, 1.165) is 38.0 Å². The third-order valence-corrected chi connectivity index (χ3v) is 3.56. The highest BCUT2D eigenvalue weighted by Crippen LogP contribution is 2.31. The number of hydrogen-bond acceptors (Lipinski definition) is 2. The van der Waals surface area contributed by atoms with Gasteiger partial charge in [0.05, 0.1) is 6.61 Å². The molecule has 2 heteroatoms. The lowest BCUT2D eigenvalue weighted by Crippen LogP contribution is -2.05. The summed E-state index contributed by atoms with van der Waals surface area (Å²) in [6.45, 7) is 4.53. The summed E-state index contributed by atoms with van der Waals surface area (Å²) in [4.78, 5) is 0. The van der Waals surface area contributed by atoms with Gasteiger partial charge in [0.25, 0.3) is 0 Å². The number of unbranched alkanes of at least 4 members (excludes halogenated alkanes) is 3. The van der Waals surface area contributed by atoms with E-state index in [0.29, 0.717) is 0 Å². The fraction of sp³-hybridized carbons (Fsp3) is 0.500. The predicted octanol–water partition coefficient (Wildman–Crippen LogP) is 3.76. The molecule has 0 amide bonds. The number of rotatable bonds is 7. The summed E-state index contributed by atoms with van der Waals surface area (Å²) in [5.41, 5.74) is 8.68. The molecule has 0 fully saturated rings. The lowest BCUT2D eigenvalue weighted by Gasteiger charge is -2.09. The second kappa shape index (κ2) is 6.60. The molecule has 0 heterocycles. The average molecular weight is 245 g/mol. The first-order valence-corrected chi connectivity index (χ1v) is 6.93. The van der Waals surface area contributed by atoms with Gasteiger partial charge in [-0.25, -0.2) is 0 Å². The van der Waals surface area contributed by atoms with Crippen molar-refractivity contribution in [2.75, 3.05) is 6.61 Å². The Balaban J connectivity index is 1.75. The zero-order valence-electron chi connectivity index (χ0n) is 11.0. The number of allylic oxidation sites excluding steroid dienone is 1. The molecule has 0 saturated carbocycles. The molecule has 0 bridgehead atoms. The molecule has 1 aliphatic rings. The molecule has 2 nitrogen and oxygen atoms in total. The predicted molar refractivity (Wildman–Crippen MR) is 75.9 cm³/mol. The highest BCUT2D eigenvalue weighted by atomic mass is 16.5. The quantitative estimate of drug-likeness (QED) is 0.586. The van der Waals surface area contributed by atoms with E-state index in [1.807, 2.05) is 12.1 Å². The molecule has 1 atom stereocenters. The van der Waals surface area contributed by atoms with Crippen LogP contribution in [0.5, 0.6) is 5.75 Å². The Morgan fingerprint density at radius 2 is 2.22 bits per heavy atom. The Morgan fingerprint density at radius 3 is 3.06 bits per heavy atom. The molecule has 98 valence electrons. The van der Waals surface area contributed by atoms with Gasteiger partial charge in [-0.2, -0.15) is 0 Å². The monoisotopic (exact) mass is 245 g/mol. The Kier molecular flexibility index (Phi) is 4.82. The van der Waals surface area contributed by atoms with Crippen LogP contribution in [0.15, 0.2) is 30.9 Å². The largest absolute Gasteiger partial charge is 0.494 e. The Bertz CT molecular complexity index is 400. The van der Waals surface area contributed by atoms with Crippen molar-refractivity contribution < 1.29 is 4.74 Å². The second-order valence-corrected chi connectivity index (χ2v) is 4.99. The first-order valence-electron chi connectivity index (χ1n) is 6.93. The van der Waals surface area contributed by atoms with Crippen LogP contribution in [0.2, 0.25) is 0 Å². The van der Waals surface area contributed by atoms with Crippen LogP contribution in [0.3, 0.4) is 0 Å². The summed E-state index contributed by atoms with van der Waals surface area (Å²) in [6, 6.07) is 6.56. The summed E-state index contributed by atoms with van der Waals surface area (Å²) in [5.74, 6) is 0.992. The fourth-order valence-electron chi connectivity index (χ4n) is 2.47. The Labute approximate surface area is 110 Å². The summed E-state index contributed by atoms with van der Waals surface area (Å²) >= 11 is 0. The molecule has 0 saturated heterocycles. The fourth-order valence-corrected chi connectivity index (χ4v) is 2.47. The number of aryl methyl sites for hydroxylation is 1. The van der Waals surface area contributed by atoms with Gasteiger partial charge in [0.2, 0.25) is 0 Å². The summed E-state index contributed by atoms with van der Waals surface area (Å²) in [7, 11) is 0. The summed E-state index contributed by atoms with van der Waals surface area (Å²) < 4.78 is 5.78. The molecule has 0 radical (unpaired) electrons. The van der Waals surface area contributed by atoms with Crippen molar-refractivity contribution in [3.8, 4) is 5.75 Å². The summed E-state index contributed by atoms with van der Waals surface area (Å²) in [5, 5.41) is 0. The first-order chi connectivity index (χ1) is 8.81. The van der Waals surface area contributed by atoms with Gasteiger partial charge in [0.1, 0.15) is 5.75 Å². The van der Waals surface area contributed by atoms with Gasteiger partial charge >= 0.3 is 0 Å². The van der Waals surface area contributed by atoms with Crippen LogP contribution < -0.4 is 10.5 Å². The van der Waals surface area contributed by atoms with Crippen molar-refractivity contribution in [2.45, 2.75) is 44.6 Å². The number of nitrogens with two attached hydrogens (primary N) is 1. The number of fused-ring (bicyclic) bond motifs is 1. The summed E-state index contributed by atoms with van der Waals surface area (Å²) in [6.07, 6.45) is 8.78. The SMILES string of the molecule is C=CCCCCCOc1ccc2c(c1)CCC2N. The van der Waals surface area contributed by atoms with Gasteiger partial charge in [-0.1, -0.05) is 12.1 Å². The first kappa shape index (κ1) is 13.2. The van der Waals surface area contributed by atoms with Crippen LogP contribution in [0.4, 0.5) is 0 Å². The molecule has 2 rings (SSSR count). The van der Waals surface area contributed by atoms with Crippen molar-refractivity contribution in [3.63, 3.8) is 0 Å². The number of hydrogen-bond donors (Lipinski definition) is 1. The molecule has 0 aliphatic heterocycles. The van der Waals surface area contributed by atoms with E-state index in [9.17, 15) is 0 Å². The van der Waals surface area contributed by atoms with Crippen LogP contribution in [-0.4, -0.2) is 6.61 Å². The molecule has 18 heavy (non-hydrogen) atoms. The van der Waals surface area contributed by atoms with E-state index < -0.39 is 0 Å². The zero-order chi connectivity index (χ0) is 12.8. The van der Waals surface area contributed by atoms with Gasteiger partial charge in [-0.3, -0.25) is 0 Å². The molecule has 1 aromatic rings. The molecular weight excluding hydrogens is 222 g/mol. The van der Waals surface area contributed by atoms with Gasteiger partial charge in [0, 0.05) is 6.04 Å². The van der Waals surface area contributed by atoms with Gasteiger partial charge in [-0.05, 0) is 61.8 Å². The minimum absolute atomic E-state index is 0.230. The Morgan fingerprint density at radius 1 is 1.33 bits per heavy atom. The molecular formula is C16H23NO. The normalized spacial score (nSPS) is 17.5. The zero-order valence-corrected chi connectivity index (χ0v) is 11.0. The maximum absolute atomic E-state index is 6.02. The van der Waals surface area contributed by atoms with E-state index in [1.165, 1.54) is 24.0 Å². The van der Waals surface area contributed by atoms with Crippen molar-refractivity contribution in [2.24, 2.45) is 5.73 Å². The lowest BCUT2D eigenvalue weighted by molar-refractivity contribution is 0.305. The third kappa shape index (κ3) is 3.36. The second-order valence-electron chi connectivity index (χ2n) is 4.99. The van der Waals surface area contributed by atoms with Crippen molar-refractivity contribution in [3.05, 3.63) is 42.0 Å². The molecule has 0 aromatic heterocycles. The van der Waals surface area contributed by atoms with E-state index in [1.54, 1.807) is 0 Å². The standard InChI is InChI=1S/C16H23NO/c1-2-3-4-5-6-11-18-14-8-9-15-13(12-14)7-10-16(15)17/h2,8-9,12,16H,1,3-7,10-11,17H2. The number of ether oxygens (including phenoxy) is 1. The van der Waals surface area contributed by atoms with Gasteiger partial charge in [-0.15, -0.1) is 6.58 Å². The van der Waals surface area contributed by atoms with Crippen LogP contribution in [0.25, 0.3) is 0 Å². The van der Waals surface area contributed by atoms with Crippen LogP contribution in [0.1, 0.15) is 49.3 Å². The van der Waals surface area contributed by atoms with E-state index in [-0.39, 0.29) is 6.04 Å². The molecule has 1 aliphatic carbocycles. The minimum Gasteiger partial charge on any atom is -0.494 e. The van der Waals surface area contributed by atoms with Crippen LogP contribution in [-0.2, 0) is 6.42 Å². The van der Waals surface area contributed by atoms with E-state index in [2.05, 4.69) is 18.7 Å². The van der Waals surface area contributed by atoms with Crippen molar-refractivity contribution in [1.29, 1.82) is 0 Å². The highest BCUT2D eigenvalue weighted by Gasteiger charge is 2.18. The van der Waals surface area contributed by atoms with Crippen molar-refractivity contribution in [1.82, 2.24) is 0 Å². The maximum Gasteiger partial charge on any atom is 0.119 e. The van der Waals surface area contributed by atoms with E-state index in [4.69, 9.17) is 10.5 Å². The molecule has 0 spiro atoms. The third-order valence-electron chi connectivity index (χ3n) is 3.56. The van der Waals surface area contributed by atoms with Gasteiger partial charge < -0.3 is 10.5 Å².